The van der Waals surface area contributed by atoms with Gasteiger partial charge >= 0.3 is 6.18 Å². The highest BCUT2D eigenvalue weighted by molar-refractivity contribution is 6.00. The first-order valence-corrected chi connectivity index (χ1v) is 9.11. The molecule has 0 saturated carbocycles. The van der Waals surface area contributed by atoms with Crippen molar-refractivity contribution in [1.29, 1.82) is 0 Å². The second kappa shape index (κ2) is 8.68. The monoisotopic (exact) mass is 425 g/mol. The number of alkyl halides is 3. The standard InChI is InChI=1S/C20H19F4N3O3/c1-12-4-5-16(15(21)7-12)27-10-14(8-17(27)28)18(29)26-9-13-3-2-6-25-19(13)30-11-20(22,23)24/h2-7,14H,8-11H2,1H3,(H,26,29). The van der Waals surface area contributed by atoms with E-state index in [1.165, 1.54) is 35.4 Å². The van der Waals surface area contributed by atoms with E-state index in [2.05, 4.69) is 15.0 Å². The summed E-state index contributed by atoms with van der Waals surface area (Å²) in [4.78, 5) is 29.7. The van der Waals surface area contributed by atoms with Crippen molar-refractivity contribution in [2.24, 2.45) is 5.92 Å². The molecule has 6 nitrogen and oxygen atoms in total. The van der Waals surface area contributed by atoms with Crippen molar-refractivity contribution in [3.05, 3.63) is 53.5 Å². The highest BCUT2D eigenvalue weighted by Crippen LogP contribution is 2.28. The fraction of sp³-hybridized carbons (Fsp3) is 0.350. The highest BCUT2D eigenvalue weighted by atomic mass is 19.4. The Hall–Kier alpha value is -3.17. The summed E-state index contributed by atoms with van der Waals surface area (Å²) in [6, 6.07) is 7.45. The maximum atomic E-state index is 14.2. The first kappa shape index (κ1) is 21.5. The minimum absolute atomic E-state index is 0.00905. The predicted octanol–water partition coefficient (Wildman–Crippen LogP) is 3.14. The van der Waals surface area contributed by atoms with Crippen molar-refractivity contribution in [3.8, 4) is 5.88 Å². The molecule has 0 radical (unpaired) electrons. The van der Waals surface area contributed by atoms with E-state index in [0.717, 1.165) is 0 Å². The predicted molar refractivity (Wildman–Crippen MR) is 99.2 cm³/mol. The van der Waals surface area contributed by atoms with Crippen molar-refractivity contribution < 1.29 is 31.9 Å². The van der Waals surface area contributed by atoms with Gasteiger partial charge in [-0.2, -0.15) is 13.2 Å². The second-order valence-corrected chi connectivity index (χ2v) is 6.95. The molecule has 30 heavy (non-hydrogen) atoms. The van der Waals surface area contributed by atoms with Crippen LogP contribution in [0.4, 0.5) is 23.2 Å². The van der Waals surface area contributed by atoms with E-state index in [4.69, 9.17) is 0 Å². The molecule has 160 valence electrons. The maximum absolute atomic E-state index is 14.2. The number of nitrogens with zero attached hydrogens (tertiary/aromatic N) is 2. The van der Waals surface area contributed by atoms with Crippen molar-refractivity contribution in [2.45, 2.75) is 26.1 Å². The summed E-state index contributed by atoms with van der Waals surface area (Å²) in [5.41, 5.74) is 1.08. The van der Waals surface area contributed by atoms with E-state index >= 15 is 0 Å². The lowest BCUT2D eigenvalue weighted by Crippen LogP contribution is -2.33. The van der Waals surface area contributed by atoms with Gasteiger partial charge in [-0.3, -0.25) is 9.59 Å². The number of nitrogens with one attached hydrogen (secondary N) is 1. The van der Waals surface area contributed by atoms with Crippen molar-refractivity contribution in [1.82, 2.24) is 10.3 Å². The van der Waals surface area contributed by atoms with Crippen molar-refractivity contribution in [2.75, 3.05) is 18.1 Å². The molecule has 1 aromatic carbocycles. The Morgan fingerprint density at radius 1 is 1.33 bits per heavy atom. The summed E-state index contributed by atoms with van der Waals surface area (Å²) in [6.07, 6.45) is -3.33. The molecule has 1 fully saturated rings. The van der Waals surface area contributed by atoms with Crippen molar-refractivity contribution >= 4 is 17.5 Å². The topological polar surface area (TPSA) is 71.5 Å². The first-order valence-electron chi connectivity index (χ1n) is 9.11. The van der Waals surface area contributed by atoms with E-state index in [-0.39, 0.29) is 42.5 Å². The summed E-state index contributed by atoms with van der Waals surface area (Å²) in [5, 5.41) is 2.58. The number of hydrogen-bond donors (Lipinski definition) is 1. The zero-order valence-corrected chi connectivity index (χ0v) is 16.0. The molecule has 1 aromatic heterocycles. The molecule has 2 heterocycles. The quantitative estimate of drug-likeness (QED) is 0.722. The molecular weight excluding hydrogens is 406 g/mol. The number of halogens is 4. The zero-order valence-electron chi connectivity index (χ0n) is 16.0. The molecule has 2 aromatic rings. The summed E-state index contributed by atoms with van der Waals surface area (Å²) in [6.45, 7) is 0.109. The number of carbonyl (C=O) groups is 2. The van der Waals surface area contributed by atoms with Gasteiger partial charge in [-0.05, 0) is 30.7 Å². The largest absolute Gasteiger partial charge is 0.468 e. The van der Waals surface area contributed by atoms with Crippen molar-refractivity contribution in [3.63, 3.8) is 0 Å². The molecule has 1 saturated heterocycles. The minimum Gasteiger partial charge on any atom is -0.468 e. The van der Waals surface area contributed by atoms with Gasteiger partial charge in [-0.15, -0.1) is 0 Å². The smallest absolute Gasteiger partial charge is 0.422 e. The van der Waals surface area contributed by atoms with Gasteiger partial charge in [0.25, 0.3) is 0 Å². The van der Waals surface area contributed by atoms with E-state index in [1.807, 2.05) is 0 Å². The number of pyridine rings is 1. The normalized spacial score (nSPS) is 16.6. The van der Waals surface area contributed by atoms with Gasteiger partial charge in [0.15, 0.2) is 6.61 Å². The molecular formula is C20H19F4N3O3. The van der Waals surface area contributed by atoms with E-state index in [1.54, 1.807) is 13.0 Å². The third-order valence-electron chi connectivity index (χ3n) is 4.57. The van der Waals surface area contributed by atoms with Crippen LogP contribution in [-0.2, 0) is 16.1 Å². The third-order valence-corrected chi connectivity index (χ3v) is 4.57. The van der Waals surface area contributed by atoms with Crippen LogP contribution in [0.15, 0.2) is 36.5 Å². The first-order chi connectivity index (χ1) is 14.1. The van der Waals surface area contributed by atoms with Crippen LogP contribution >= 0.6 is 0 Å². The molecule has 1 aliphatic rings. The zero-order chi connectivity index (χ0) is 21.9. The lowest BCUT2D eigenvalue weighted by Gasteiger charge is -2.18. The Balaban J connectivity index is 1.62. The average molecular weight is 425 g/mol. The molecule has 1 N–H and O–H groups in total. The third kappa shape index (κ3) is 5.25. The van der Waals surface area contributed by atoms with Gasteiger partial charge in [0.1, 0.15) is 5.82 Å². The fourth-order valence-corrected chi connectivity index (χ4v) is 3.11. The van der Waals surface area contributed by atoms with Gasteiger partial charge < -0.3 is 15.0 Å². The SMILES string of the molecule is Cc1ccc(N2CC(C(=O)NCc3cccnc3OCC(F)(F)F)CC2=O)c(F)c1. The Bertz CT molecular complexity index is 949. The number of amides is 2. The fourth-order valence-electron chi connectivity index (χ4n) is 3.11. The molecule has 1 unspecified atom stereocenters. The van der Waals surface area contributed by atoms with Gasteiger partial charge in [0.05, 0.1) is 11.6 Å². The number of hydrogen-bond acceptors (Lipinski definition) is 4. The molecule has 0 spiro atoms. The number of ether oxygens (including phenoxy) is 1. The van der Waals surface area contributed by atoms with Gasteiger partial charge in [-0.25, -0.2) is 9.37 Å². The molecule has 0 bridgehead atoms. The van der Waals surface area contributed by atoms with E-state index in [9.17, 15) is 27.2 Å². The van der Waals surface area contributed by atoms with E-state index < -0.39 is 30.4 Å². The van der Waals surface area contributed by atoms with Crippen LogP contribution in [0.3, 0.4) is 0 Å². The molecule has 2 amide bonds. The molecule has 10 heteroatoms. The van der Waals surface area contributed by atoms with Crippen LogP contribution < -0.4 is 15.0 Å². The van der Waals surface area contributed by atoms with Gasteiger partial charge in [0, 0.05) is 31.3 Å². The number of anilines is 1. The Kier molecular flexibility index (Phi) is 6.23. The Morgan fingerprint density at radius 2 is 2.10 bits per heavy atom. The van der Waals surface area contributed by atoms with E-state index in [0.29, 0.717) is 5.56 Å². The van der Waals surface area contributed by atoms with Gasteiger partial charge in [-0.1, -0.05) is 12.1 Å². The molecule has 1 atom stereocenters. The van der Waals surface area contributed by atoms with Crippen LogP contribution in [0.5, 0.6) is 5.88 Å². The molecule has 3 rings (SSSR count). The second-order valence-electron chi connectivity index (χ2n) is 6.95. The summed E-state index contributed by atoms with van der Waals surface area (Å²) >= 11 is 0. The average Bonchev–Trinajstić information content (AvgIpc) is 3.06. The lowest BCUT2D eigenvalue weighted by molar-refractivity contribution is -0.154. The summed E-state index contributed by atoms with van der Waals surface area (Å²) in [7, 11) is 0. The van der Waals surface area contributed by atoms with Crippen LogP contribution in [0.25, 0.3) is 0 Å². The Labute approximate surface area is 169 Å². The van der Waals surface area contributed by atoms with Crippen LogP contribution in [0.1, 0.15) is 17.5 Å². The minimum atomic E-state index is -4.52. The number of aryl methyl sites for hydroxylation is 1. The maximum Gasteiger partial charge on any atom is 0.422 e. The summed E-state index contributed by atoms with van der Waals surface area (Å²) in [5.74, 6) is -2.35. The summed E-state index contributed by atoms with van der Waals surface area (Å²) < 4.78 is 56.0. The number of rotatable bonds is 6. The number of benzene rings is 1. The van der Waals surface area contributed by atoms with Crippen LogP contribution in [0.2, 0.25) is 0 Å². The molecule has 1 aliphatic heterocycles. The lowest BCUT2D eigenvalue weighted by atomic mass is 10.1. The molecule has 0 aliphatic carbocycles. The van der Waals surface area contributed by atoms with Gasteiger partial charge in [0.2, 0.25) is 17.7 Å². The van der Waals surface area contributed by atoms with Crippen LogP contribution in [0, 0.1) is 18.7 Å². The Morgan fingerprint density at radius 3 is 2.80 bits per heavy atom. The highest BCUT2D eigenvalue weighted by Gasteiger charge is 2.36. The van der Waals surface area contributed by atoms with Crippen LogP contribution in [-0.4, -0.2) is 36.1 Å². The number of aromatic nitrogens is 1. The number of carbonyl (C=O) groups excluding carboxylic acids is 2.